The third-order valence-electron chi connectivity index (χ3n) is 5.73. The number of carboxylic acid groups (broad SMARTS) is 1. The number of phenols is 1. The predicted molar refractivity (Wildman–Crippen MR) is 124 cm³/mol. The minimum atomic E-state index is -1.26. The number of rotatable bonds is 11. The minimum absolute atomic E-state index is 0.0260. The first kappa shape index (κ1) is 25.7. The smallest absolute Gasteiger partial charge is 0.326 e. The van der Waals surface area contributed by atoms with Crippen LogP contribution >= 0.6 is 0 Å². The van der Waals surface area contributed by atoms with E-state index in [2.05, 4.69) is 31.2 Å². The van der Waals surface area contributed by atoms with E-state index in [-0.39, 0.29) is 30.5 Å². The van der Waals surface area contributed by atoms with Crippen molar-refractivity contribution >= 4 is 23.7 Å². The molecule has 1 saturated heterocycles. The van der Waals surface area contributed by atoms with Crippen LogP contribution in [0.5, 0.6) is 5.75 Å². The molecule has 188 valence electrons. The van der Waals surface area contributed by atoms with Crippen LogP contribution < -0.4 is 21.3 Å². The highest BCUT2D eigenvalue weighted by atomic mass is 16.4. The topological polar surface area (TPSA) is 186 Å². The number of aromatic hydroxyl groups is 1. The van der Waals surface area contributed by atoms with Crippen LogP contribution in [-0.4, -0.2) is 74.6 Å². The number of imidazole rings is 1. The zero-order valence-electron chi connectivity index (χ0n) is 19.3. The van der Waals surface area contributed by atoms with Gasteiger partial charge in [0.1, 0.15) is 23.9 Å². The van der Waals surface area contributed by atoms with Crippen molar-refractivity contribution in [2.45, 2.75) is 56.8 Å². The van der Waals surface area contributed by atoms with E-state index in [1.54, 1.807) is 12.1 Å². The molecular weight excluding hydrogens is 456 g/mol. The Morgan fingerprint density at radius 1 is 1.06 bits per heavy atom. The summed E-state index contributed by atoms with van der Waals surface area (Å²) in [6.07, 6.45) is 4.43. The van der Waals surface area contributed by atoms with Crippen molar-refractivity contribution in [3.05, 3.63) is 48.0 Å². The molecule has 0 saturated carbocycles. The van der Waals surface area contributed by atoms with Crippen LogP contribution in [0.3, 0.4) is 0 Å². The number of aromatic amines is 1. The Hall–Kier alpha value is -3.93. The molecule has 1 aromatic heterocycles. The molecule has 2 aromatic rings. The Morgan fingerprint density at radius 2 is 1.77 bits per heavy atom. The van der Waals surface area contributed by atoms with Crippen LogP contribution in [0.15, 0.2) is 36.8 Å². The van der Waals surface area contributed by atoms with Gasteiger partial charge in [-0.3, -0.25) is 14.4 Å². The molecule has 35 heavy (non-hydrogen) atoms. The molecule has 3 amide bonds. The van der Waals surface area contributed by atoms with Crippen LogP contribution in [0.1, 0.15) is 31.0 Å². The molecule has 3 rings (SSSR count). The molecular formula is C23H30N6O6. The number of hydrogen-bond donors (Lipinski definition) is 7. The Balaban J connectivity index is 1.69. The summed E-state index contributed by atoms with van der Waals surface area (Å²) in [6, 6.07) is 2.42. The Morgan fingerprint density at radius 3 is 2.37 bits per heavy atom. The average Bonchev–Trinajstić information content (AvgIpc) is 3.54. The molecule has 12 nitrogen and oxygen atoms in total. The number of nitrogens with zero attached hydrogens (tertiary/aromatic N) is 1. The van der Waals surface area contributed by atoms with E-state index >= 15 is 0 Å². The highest BCUT2D eigenvalue weighted by Gasteiger charge is 2.30. The summed E-state index contributed by atoms with van der Waals surface area (Å²) in [4.78, 5) is 56.6. The number of aromatic nitrogens is 2. The average molecular weight is 487 g/mol. The molecule has 0 bridgehead atoms. The van der Waals surface area contributed by atoms with Gasteiger partial charge in [0, 0.05) is 24.7 Å². The molecule has 7 N–H and O–H groups in total. The van der Waals surface area contributed by atoms with E-state index in [4.69, 9.17) is 0 Å². The summed E-state index contributed by atoms with van der Waals surface area (Å²) in [5, 5.41) is 29.9. The second-order valence-electron chi connectivity index (χ2n) is 8.49. The van der Waals surface area contributed by atoms with Crippen LogP contribution in [0, 0.1) is 0 Å². The standard InChI is InChI=1S/C23H30N6O6/c1-13(27-21(32)17-3-2-8-25-17)20(31)28-18(9-14-4-6-16(30)7-5-14)22(33)29-19(23(34)35)10-15-11-24-12-26-15/h4-7,11-13,17-19,25,30H,2-3,8-10H2,1H3,(H,24,26)(H,27,32)(H,28,31)(H,29,33)(H,34,35). The van der Waals surface area contributed by atoms with Crippen LogP contribution in [0.25, 0.3) is 0 Å². The number of carboxylic acids is 1. The zero-order chi connectivity index (χ0) is 25.4. The van der Waals surface area contributed by atoms with Gasteiger partial charge in [-0.2, -0.15) is 0 Å². The molecule has 0 aliphatic carbocycles. The summed E-state index contributed by atoms with van der Waals surface area (Å²) in [5.74, 6) is -2.78. The van der Waals surface area contributed by atoms with Gasteiger partial charge in [-0.05, 0) is 44.0 Å². The number of carbonyl (C=O) groups excluding carboxylic acids is 3. The van der Waals surface area contributed by atoms with Gasteiger partial charge < -0.3 is 36.5 Å². The van der Waals surface area contributed by atoms with Crippen molar-refractivity contribution < 1.29 is 29.4 Å². The molecule has 4 unspecified atom stereocenters. The molecule has 1 aromatic carbocycles. The Bertz CT molecular complexity index is 1020. The van der Waals surface area contributed by atoms with Crippen molar-refractivity contribution in [2.24, 2.45) is 0 Å². The van der Waals surface area contributed by atoms with Crippen molar-refractivity contribution in [2.75, 3.05) is 6.54 Å². The molecule has 1 aliphatic heterocycles. The number of H-pyrrole nitrogens is 1. The van der Waals surface area contributed by atoms with Gasteiger partial charge in [-0.1, -0.05) is 12.1 Å². The number of nitrogens with one attached hydrogen (secondary N) is 5. The monoisotopic (exact) mass is 486 g/mol. The fraction of sp³-hybridized carbons (Fsp3) is 0.435. The van der Waals surface area contributed by atoms with Crippen LogP contribution in [0.2, 0.25) is 0 Å². The van der Waals surface area contributed by atoms with Crippen molar-refractivity contribution in [3.63, 3.8) is 0 Å². The molecule has 12 heteroatoms. The van der Waals surface area contributed by atoms with E-state index in [0.29, 0.717) is 17.7 Å². The summed E-state index contributed by atoms with van der Waals surface area (Å²) < 4.78 is 0. The van der Waals surface area contributed by atoms with E-state index in [1.807, 2.05) is 0 Å². The largest absolute Gasteiger partial charge is 0.508 e. The SMILES string of the molecule is CC(NC(=O)C1CCCN1)C(=O)NC(Cc1ccc(O)cc1)C(=O)NC(Cc1cnc[nH]1)C(=O)O. The molecule has 2 heterocycles. The Labute approximate surface area is 201 Å². The second-order valence-corrected chi connectivity index (χ2v) is 8.49. The van der Waals surface area contributed by atoms with E-state index in [9.17, 15) is 29.4 Å². The van der Waals surface area contributed by atoms with E-state index in [0.717, 1.165) is 13.0 Å². The lowest BCUT2D eigenvalue weighted by atomic mass is 10.0. The van der Waals surface area contributed by atoms with Gasteiger partial charge in [0.05, 0.1) is 12.4 Å². The second kappa shape index (κ2) is 12.0. The minimum Gasteiger partial charge on any atom is -0.508 e. The number of phenolic OH excluding ortho intramolecular Hbond substituents is 1. The third kappa shape index (κ3) is 7.54. The lowest BCUT2D eigenvalue weighted by molar-refractivity contribution is -0.142. The van der Waals surface area contributed by atoms with Crippen molar-refractivity contribution in [3.8, 4) is 5.75 Å². The first-order chi connectivity index (χ1) is 16.7. The predicted octanol–water partition coefficient (Wildman–Crippen LogP) is -0.789. The first-order valence-electron chi connectivity index (χ1n) is 11.4. The summed E-state index contributed by atoms with van der Waals surface area (Å²) >= 11 is 0. The van der Waals surface area contributed by atoms with Crippen LogP contribution in [0.4, 0.5) is 0 Å². The first-order valence-corrected chi connectivity index (χ1v) is 11.4. The molecule has 1 aliphatic rings. The summed E-state index contributed by atoms with van der Waals surface area (Å²) in [5.41, 5.74) is 1.16. The quantitative estimate of drug-likeness (QED) is 0.215. The third-order valence-corrected chi connectivity index (χ3v) is 5.73. The normalized spacial score (nSPS) is 17.7. The maximum atomic E-state index is 13.1. The highest BCUT2D eigenvalue weighted by molar-refractivity contribution is 5.94. The van der Waals surface area contributed by atoms with E-state index < -0.39 is 35.9 Å². The number of hydrogen-bond acceptors (Lipinski definition) is 7. The number of carbonyl (C=O) groups is 4. The lowest BCUT2D eigenvalue weighted by Crippen LogP contribution is -2.57. The molecule has 0 spiro atoms. The van der Waals surface area contributed by atoms with Gasteiger partial charge in [-0.15, -0.1) is 0 Å². The molecule has 1 fully saturated rings. The van der Waals surface area contributed by atoms with Crippen molar-refractivity contribution in [1.29, 1.82) is 0 Å². The maximum Gasteiger partial charge on any atom is 0.326 e. The van der Waals surface area contributed by atoms with Gasteiger partial charge in [0.2, 0.25) is 17.7 Å². The van der Waals surface area contributed by atoms with Gasteiger partial charge in [-0.25, -0.2) is 9.78 Å². The number of amides is 3. The maximum absolute atomic E-state index is 13.1. The summed E-state index contributed by atoms with van der Waals surface area (Å²) in [7, 11) is 0. The van der Waals surface area contributed by atoms with E-state index in [1.165, 1.54) is 31.6 Å². The number of benzene rings is 1. The van der Waals surface area contributed by atoms with Gasteiger partial charge >= 0.3 is 5.97 Å². The fourth-order valence-electron chi connectivity index (χ4n) is 3.75. The fourth-order valence-corrected chi connectivity index (χ4v) is 3.75. The van der Waals surface area contributed by atoms with Gasteiger partial charge in [0.15, 0.2) is 0 Å². The van der Waals surface area contributed by atoms with Crippen molar-refractivity contribution in [1.82, 2.24) is 31.2 Å². The van der Waals surface area contributed by atoms with Crippen LogP contribution in [-0.2, 0) is 32.0 Å². The highest BCUT2D eigenvalue weighted by Crippen LogP contribution is 2.12. The Kier molecular flexibility index (Phi) is 8.79. The van der Waals surface area contributed by atoms with Gasteiger partial charge in [0.25, 0.3) is 0 Å². The molecule has 0 radical (unpaired) electrons. The summed E-state index contributed by atoms with van der Waals surface area (Å²) in [6.45, 7) is 2.24. The molecule has 4 atom stereocenters. The lowest BCUT2D eigenvalue weighted by Gasteiger charge is -2.24. The zero-order valence-corrected chi connectivity index (χ0v) is 19.3. The number of aliphatic carboxylic acids is 1.